The number of carbonyl (C=O) groups is 1. The van der Waals surface area contributed by atoms with Gasteiger partial charge in [0, 0.05) is 5.02 Å². The third kappa shape index (κ3) is 3.16. The molecule has 0 saturated carbocycles. The largest absolute Gasteiger partial charge is 0.433 e. The van der Waals surface area contributed by atoms with Gasteiger partial charge in [0.15, 0.2) is 5.76 Å². The van der Waals surface area contributed by atoms with Crippen LogP contribution in [-0.4, -0.2) is 10.8 Å². The summed E-state index contributed by atoms with van der Waals surface area (Å²) in [5, 5.41) is 13.7. The molecule has 0 spiro atoms. The Balaban J connectivity index is 2.08. The van der Waals surface area contributed by atoms with Crippen LogP contribution < -0.4 is 5.32 Å². The smallest absolute Gasteiger partial charge is 0.395 e. The number of hydrogen-bond donors (Lipinski definition) is 1. The normalized spacial score (nSPS) is 11.9. The number of amides is 1. The van der Waals surface area contributed by atoms with Gasteiger partial charge >= 0.3 is 5.88 Å². The number of hydrogen-bond acceptors (Lipinski definition) is 4. The van der Waals surface area contributed by atoms with E-state index in [4.69, 9.17) is 16.0 Å². The Morgan fingerprint density at radius 3 is 2.75 bits per heavy atom. The Morgan fingerprint density at radius 2 is 2.15 bits per heavy atom. The average molecular weight is 295 g/mol. The predicted molar refractivity (Wildman–Crippen MR) is 72.7 cm³/mol. The van der Waals surface area contributed by atoms with Gasteiger partial charge in [-0.25, -0.2) is 0 Å². The molecule has 7 heteroatoms. The molecule has 0 aliphatic heterocycles. The Morgan fingerprint density at radius 1 is 1.40 bits per heavy atom. The molecule has 1 unspecified atom stereocenters. The summed E-state index contributed by atoms with van der Waals surface area (Å²) in [7, 11) is 0. The minimum atomic E-state index is -0.697. The number of carbonyl (C=O) groups excluding carboxylic acids is 1. The first-order valence-corrected chi connectivity index (χ1v) is 6.15. The molecule has 0 bridgehead atoms. The fourth-order valence-corrected chi connectivity index (χ4v) is 1.87. The van der Waals surface area contributed by atoms with E-state index in [0.717, 1.165) is 11.6 Å². The van der Waals surface area contributed by atoms with Crippen molar-refractivity contribution >= 4 is 23.4 Å². The van der Waals surface area contributed by atoms with Crippen molar-refractivity contribution in [2.24, 2.45) is 0 Å². The summed E-state index contributed by atoms with van der Waals surface area (Å²) in [4.78, 5) is 21.7. The lowest BCUT2D eigenvalue weighted by atomic mass is 10.1. The summed E-state index contributed by atoms with van der Waals surface area (Å²) in [6, 6.07) is 9.16. The molecule has 2 aromatic rings. The molecular formula is C13H11ClN2O4. The van der Waals surface area contributed by atoms with Gasteiger partial charge in [0.2, 0.25) is 0 Å². The van der Waals surface area contributed by atoms with Gasteiger partial charge in [-0.3, -0.25) is 14.9 Å². The Kier molecular flexibility index (Phi) is 4.05. The number of benzene rings is 1. The minimum Gasteiger partial charge on any atom is -0.395 e. The van der Waals surface area contributed by atoms with Crippen molar-refractivity contribution in [1.82, 2.24) is 5.32 Å². The maximum absolute atomic E-state index is 11.9. The quantitative estimate of drug-likeness (QED) is 0.692. The van der Waals surface area contributed by atoms with Crippen LogP contribution in [0.25, 0.3) is 0 Å². The van der Waals surface area contributed by atoms with Crippen molar-refractivity contribution in [1.29, 1.82) is 0 Å². The molecule has 1 aromatic heterocycles. The van der Waals surface area contributed by atoms with Crippen LogP contribution in [-0.2, 0) is 0 Å². The molecule has 1 atom stereocenters. The van der Waals surface area contributed by atoms with E-state index >= 15 is 0 Å². The fraction of sp³-hybridized carbons (Fsp3) is 0.154. The second kappa shape index (κ2) is 5.75. The molecule has 0 saturated heterocycles. The van der Waals surface area contributed by atoms with Gasteiger partial charge in [-0.1, -0.05) is 23.7 Å². The molecule has 0 radical (unpaired) electrons. The van der Waals surface area contributed by atoms with Gasteiger partial charge < -0.3 is 9.73 Å². The molecule has 1 amide bonds. The third-order valence-corrected chi connectivity index (χ3v) is 2.93. The molecule has 2 rings (SSSR count). The predicted octanol–water partition coefficient (Wildman–Crippen LogP) is 3.33. The maximum atomic E-state index is 11.9. The van der Waals surface area contributed by atoms with Crippen LogP contribution in [0.15, 0.2) is 40.8 Å². The van der Waals surface area contributed by atoms with Crippen molar-refractivity contribution in [3.8, 4) is 0 Å². The van der Waals surface area contributed by atoms with Gasteiger partial charge in [-0.15, -0.1) is 0 Å². The van der Waals surface area contributed by atoms with Crippen molar-refractivity contribution in [2.45, 2.75) is 13.0 Å². The molecule has 20 heavy (non-hydrogen) atoms. The first-order chi connectivity index (χ1) is 9.47. The number of nitrogens with one attached hydrogen (secondary N) is 1. The van der Waals surface area contributed by atoms with Crippen LogP contribution in [0.1, 0.15) is 29.1 Å². The topological polar surface area (TPSA) is 85.4 Å². The van der Waals surface area contributed by atoms with E-state index in [9.17, 15) is 14.9 Å². The Bertz CT molecular complexity index is 653. The fourth-order valence-electron chi connectivity index (χ4n) is 1.67. The standard InChI is InChI=1S/C13H11ClN2O4/c1-8(9-3-2-4-10(14)7-9)15-13(17)11-5-6-12(20-11)16(18)19/h2-8H,1H3,(H,15,17). The molecule has 6 nitrogen and oxygen atoms in total. The lowest BCUT2D eigenvalue weighted by Crippen LogP contribution is -2.26. The van der Waals surface area contributed by atoms with Crippen LogP contribution in [0.2, 0.25) is 5.02 Å². The second-order valence-corrected chi connectivity index (χ2v) is 4.58. The van der Waals surface area contributed by atoms with Crippen LogP contribution in [0, 0.1) is 10.1 Å². The zero-order valence-electron chi connectivity index (χ0n) is 10.5. The van der Waals surface area contributed by atoms with Crippen LogP contribution in [0.5, 0.6) is 0 Å². The van der Waals surface area contributed by atoms with Crippen molar-refractivity contribution in [2.75, 3.05) is 0 Å². The van der Waals surface area contributed by atoms with E-state index in [0.29, 0.717) is 5.02 Å². The van der Waals surface area contributed by atoms with E-state index in [1.165, 1.54) is 6.07 Å². The third-order valence-electron chi connectivity index (χ3n) is 2.69. The SMILES string of the molecule is CC(NC(=O)c1ccc([N+](=O)[O-])o1)c1cccc(Cl)c1. The number of halogens is 1. The molecule has 1 heterocycles. The van der Waals surface area contributed by atoms with Gasteiger partial charge in [-0.2, -0.15) is 0 Å². The van der Waals surface area contributed by atoms with Crippen LogP contribution >= 0.6 is 11.6 Å². The Hall–Kier alpha value is -2.34. The summed E-state index contributed by atoms with van der Waals surface area (Å²) < 4.78 is 4.83. The second-order valence-electron chi connectivity index (χ2n) is 4.15. The summed E-state index contributed by atoms with van der Waals surface area (Å²) >= 11 is 5.87. The molecule has 1 aromatic carbocycles. The molecule has 104 valence electrons. The van der Waals surface area contributed by atoms with Gasteiger partial charge in [0.1, 0.15) is 4.92 Å². The lowest BCUT2D eigenvalue weighted by molar-refractivity contribution is -0.402. The number of nitro groups is 1. The summed E-state index contributed by atoms with van der Waals surface area (Å²) in [6.07, 6.45) is 0. The summed E-state index contributed by atoms with van der Waals surface area (Å²) in [6.45, 7) is 1.78. The van der Waals surface area contributed by atoms with Crippen LogP contribution in [0.3, 0.4) is 0 Å². The number of rotatable bonds is 4. The van der Waals surface area contributed by atoms with Crippen molar-refractivity contribution < 1.29 is 14.1 Å². The van der Waals surface area contributed by atoms with E-state index in [1.54, 1.807) is 25.1 Å². The van der Waals surface area contributed by atoms with Gasteiger partial charge in [0.05, 0.1) is 12.1 Å². The van der Waals surface area contributed by atoms with E-state index in [2.05, 4.69) is 5.32 Å². The zero-order chi connectivity index (χ0) is 14.7. The van der Waals surface area contributed by atoms with E-state index in [1.807, 2.05) is 6.07 Å². The van der Waals surface area contributed by atoms with Crippen molar-refractivity contribution in [3.05, 3.63) is 62.9 Å². The van der Waals surface area contributed by atoms with Crippen LogP contribution in [0.4, 0.5) is 5.88 Å². The molecule has 1 N–H and O–H groups in total. The minimum absolute atomic E-state index is 0.106. The highest BCUT2D eigenvalue weighted by molar-refractivity contribution is 6.30. The first-order valence-electron chi connectivity index (χ1n) is 5.78. The highest BCUT2D eigenvalue weighted by atomic mass is 35.5. The average Bonchev–Trinajstić information content (AvgIpc) is 2.88. The van der Waals surface area contributed by atoms with E-state index < -0.39 is 16.7 Å². The molecular weight excluding hydrogens is 284 g/mol. The zero-order valence-corrected chi connectivity index (χ0v) is 11.3. The van der Waals surface area contributed by atoms with E-state index in [-0.39, 0.29) is 11.8 Å². The van der Waals surface area contributed by atoms with Gasteiger partial charge in [-0.05, 0) is 30.7 Å². The number of nitrogens with zero attached hydrogens (tertiary/aromatic N) is 1. The molecule has 0 aliphatic carbocycles. The summed E-state index contributed by atoms with van der Waals surface area (Å²) in [5.41, 5.74) is 0.826. The highest BCUT2D eigenvalue weighted by Crippen LogP contribution is 2.19. The lowest BCUT2D eigenvalue weighted by Gasteiger charge is -2.13. The first kappa shape index (κ1) is 14.1. The highest BCUT2D eigenvalue weighted by Gasteiger charge is 2.19. The monoisotopic (exact) mass is 294 g/mol. The molecule has 0 fully saturated rings. The number of furan rings is 1. The van der Waals surface area contributed by atoms with Gasteiger partial charge in [0.25, 0.3) is 5.91 Å². The summed E-state index contributed by atoms with van der Waals surface area (Å²) in [5.74, 6) is -1.10. The Labute approximate surface area is 119 Å². The molecule has 0 aliphatic rings. The van der Waals surface area contributed by atoms with Crippen molar-refractivity contribution in [3.63, 3.8) is 0 Å². The maximum Gasteiger partial charge on any atom is 0.433 e.